The monoisotopic (exact) mass is 432 g/mol. The van der Waals surface area contributed by atoms with Crippen molar-refractivity contribution < 1.29 is 19.1 Å². The molecule has 0 aliphatic carbocycles. The Morgan fingerprint density at radius 3 is 2.44 bits per heavy atom. The molecule has 0 spiro atoms. The molecule has 0 atom stereocenters. The van der Waals surface area contributed by atoms with Gasteiger partial charge in [0.1, 0.15) is 11.5 Å². The minimum atomic E-state index is -0.413. The molecule has 0 unspecified atom stereocenters. The number of esters is 1. The highest BCUT2D eigenvalue weighted by atomic mass is 16.5. The van der Waals surface area contributed by atoms with E-state index in [4.69, 9.17) is 9.47 Å². The molecule has 3 aromatic rings. The summed E-state index contributed by atoms with van der Waals surface area (Å²) in [5.74, 6) is 0.569. The van der Waals surface area contributed by atoms with Crippen molar-refractivity contribution in [1.29, 1.82) is 0 Å². The summed E-state index contributed by atoms with van der Waals surface area (Å²) in [7, 11) is 1.58. The summed E-state index contributed by atoms with van der Waals surface area (Å²) in [5.41, 5.74) is 4.37. The lowest BCUT2D eigenvalue weighted by atomic mass is 9.96. The zero-order valence-corrected chi connectivity index (χ0v) is 18.6. The predicted octanol–water partition coefficient (Wildman–Crippen LogP) is 4.12. The number of ether oxygens (including phenoxy) is 2. The van der Waals surface area contributed by atoms with Gasteiger partial charge in [0.15, 0.2) is 0 Å². The first-order valence-corrected chi connectivity index (χ1v) is 10.5. The van der Waals surface area contributed by atoms with Gasteiger partial charge >= 0.3 is 5.97 Å². The van der Waals surface area contributed by atoms with Gasteiger partial charge in [0.05, 0.1) is 12.7 Å². The van der Waals surface area contributed by atoms with Crippen LogP contribution in [-0.2, 0) is 11.3 Å². The fourth-order valence-corrected chi connectivity index (χ4v) is 3.43. The summed E-state index contributed by atoms with van der Waals surface area (Å²) in [4.78, 5) is 23.8. The second-order valence-electron chi connectivity index (χ2n) is 7.37. The van der Waals surface area contributed by atoms with Gasteiger partial charge in [0, 0.05) is 38.2 Å². The minimum absolute atomic E-state index is 0.0555. The highest BCUT2D eigenvalue weighted by Gasteiger charge is 2.16. The largest absolute Gasteiger partial charge is 0.496 e. The zero-order chi connectivity index (χ0) is 22.9. The van der Waals surface area contributed by atoms with Crippen molar-refractivity contribution in [1.82, 2.24) is 10.6 Å². The fraction of sp³-hybridized carbons (Fsp3) is 0.231. The molecule has 3 aromatic carbocycles. The Morgan fingerprint density at radius 2 is 1.72 bits per heavy atom. The van der Waals surface area contributed by atoms with Crippen LogP contribution in [0.5, 0.6) is 11.5 Å². The molecule has 166 valence electrons. The number of carbonyl (C=O) groups is 2. The van der Waals surface area contributed by atoms with Gasteiger partial charge in [-0.05, 0) is 35.7 Å². The van der Waals surface area contributed by atoms with Crippen LogP contribution in [0.1, 0.15) is 28.4 Å². The lowest BCUT2D eigenvalue weighted by molar-refractivity contribution is -0.118. The fourth-order valence-electron chi connectivity index (χ4n) is 3.43. The molecule has 1 amide bonds. The van der Waals surface area contributed by atoms with Crippen molar-refractivity contribution in [3.05, 3.63) is 83.4 Å². The van der Waals surface area contributed by atoms with E-state index in [1.165, 1.54) is 6.92 Å². The molecule has 0 radical (unpaired) electrons. The molecule has 6 heteroatoms. The van der Waals surface area contributed by atoms with Crippen LogP contribution in [0, 0.1) is 6.92 Å². The van der Waals surface area contributed by atoms with Crippen LogP contribution >= 0.6 is 0 Å². The van der Waals surface area contributed by atoms with Crippen LogP contribution in [0.25, 0.3) is 11.1 Å². The molecule has 0 fully saturated rings. The number of nitrogens with one attached hydrogen (secondary N) is 2. The van der Waals surface area contributed by atoms with Crippen LogP contribution in [-0.4, -0.2) is 32.1 Å². The molecule has 0 aliphatic heterocycles. The molecule has 3 rings (SSSR count). The second kappa shape index (κ2) is 11.1. The Morgan fingerprint density at radius 1 is 0.938 bits per heavy atom. The third kappa shape index (κ3) is 5.95. The third-order valence-electron chi connectivity index (χ3n) is 5.10. The number of methoxy groups -OCH3 is 1. The Balaban J connectivity index is 1.69. The number of hydrogen-bond acceptors (Lipinski definition) is 5. The maximum absolute atomic E-state index is 12.9. The van der Waals surface area contributed by atoms with Crippen LogP contribution in [0.15, 0.2) is 66.7 Å². The van der Waals surface area contributed by atoms with Gasteiger partial charge in [-0.2, -0.15) is 0 Å². The number of carbonyl (C=O) groups excluding carboxylic acids is 2. The lowest BCUT2D eigenvalue weighted by Gasteiger charge is -2.14. The van der Waals surface area contributed by atoms with Crippen molar-refractivity contribution in [2.24, 2.45) is 0 Å². The molecule has 0 saturated carbocycles. The molecule has 0 bridgehead atoms. The Labute approximate surface area is 188 Å². The van der Waals surface area contributed by atoms with Crippen molar-refractivity contribution in [2.75, 3.05) is 20.2 Å². The second-order valence-corrected chi connectivity index (χ2v) is 7.37. The number of rotatable bonds is 9. The third-order valence-corrected chi connectivity index (χ3v) is 5.10. The van der Waals surface area contributed by atoms with Crippen LogP contribution in [0.3, 0.4) is 0 Å². The Kier molecular flexibility index (Phi) is 8.00. The van der Waals surface area contributed by atoms with Crippen molar-refractivity contribution in [2.45, 2.75) is 20.4 Å². The summed E-state index contributed by atoms with van der Waals surface area (Å²) < 4.78 is 11.1. The van der Waals surface area contributed by atoms with Crippen molar-refractivity contribution in [3.8, 4) is 22.6 Å². The van der Waals surface area contributed by atoms with Gasteiger partial charge in [-0.1, -0.05) is 48.5 Å². The molecule has 6 nitrogen and oxygen atoms in total. The molecular weight excluding hydrogens is 404 g/mol. The lowest BCUT2D eigenvalue weighted by Crippen LogP contribution is -2.29. The van der Waals surface area contributed by atoms with Gasteiger partial charge in [-0.25, -0.2) is 4.79 Å². The first-order valence-electron chi connectivity index (χ1n) is 10.5. The standard InChI is InChI=1S/C26H28N2O4/c1-18-23(20-8-5-4-6-9-20)10-7-11-24(18)26(30)32-22-13-12-21(25(16-22)31-3)17-27-14-15-28-19(2)29/h4-13,16,27H,14-15,17H2,1-3H3,(H,28,29). The average molecular weight is 433 g/mol. The van der Waals surface area contributed by atoms with Gasteiger partial charge in [-0.15, -0.1) is 0 Å². The van der Waals surface area contributed by atoms with Crippen LogP contribution in [0.4, 0.5) is 0 Å². The number of amides is 1. The van der Waals surface area contributed by atoms with E-state index in [2.05, 4.69) is 10.6 Å². The van der Waals surface area contributed by atoms with Gasteiger partial charge in [-0.3, -0.25) is 4.79 Å². The van der Waals surface area contributed by atoms with Crippen molar-refractivity contribution in [3.63, 3.8) is 0 Å². The average Bonchev–Trinajstić information content (AvgIpc) is 2.80. The minimum Gasteiger partial charge on any atom is -0.496 e. The molecule has 0 heterocycles. The molecule has 0 saturated heterocycles. The molecule has 0 aromatic heterocycles. The predicted molar refractivity (Wildman–Crippen MR) is 125 cm³/mol. The summed E-state index contributed by atoms with van der Waals surface area (Å²) in [6.07, 6.45) is 0. The Bertz CT molecular complexity index is 1080. The van der Waals surface area contributed by atoms with Gasteiger partial charge < -0.3 is 20.1 Å². The van der Waals surface area contributed by atoms with E-state index >= 15 is 0 Å². The number of benzene rings is 3. The SMILES string of the molecule is COc1cc(OC(=O)c2cccc(-c3ccccc3)c2C)ccc1CNCCNC(C)=O. The summed E-state index contributed by atoms with van der Waals surface area (Å²) in [5, 5.41) is 5.98. The van der Waals surface area contributed by atoms with E-state index < -0.39 is 5.97 Å². The maximum Gasteiger partial charge on any atom is 0.343 e. The first-order chi connectivity index (χ1) is 15.5. The Hall–Kier alpha value is -3.64. The van der Waals surface area contributed by atoms with Gasteiger partial charge in [0.25, 0.3) is 0 Å². The van der Waals surface area contributed by atoms with E-state index in [0.717, 1.165) is 22.3 Å². The topological polar surface area (TPSA) is 76.7 Å². The zero-order valence-electron chi connectivity index (χ0n) is 18.6. The maximum atomic E-state index is 12.9. The quantitative estimate of drug-likeness (QED) is 0.302. The molecule has 32 heavy (non-hydrogen) atoms. The number of hydrogen-bond donors (Lipinski definition) is 2. The van der Waals surface area contributed by atoms with Gasteiger partial charge in [0.2, 0.25) is 5.91 Å². The first kappa shape index (κ1) is 23.0. The molecular formula is C26H28N2O4. The van der Waals surface area contributed by atoms with E-state index in [1.807, 2.05) is 55.5 Å². The molecule has 2 N–H and O–H groups in total. The van der Waals surface area contributed by atoms with Crippen LogP contribution < -0.4 is 20.1 Å². The smallest absolute Gasteiger partial charge is 0.343 e. The highest BCUT2D eigenvalue weighted by Crippen LogP contribution is 2.28. The van der Waals surface area contributed by atoms with E-state index in [0.29, 0.717) is 36.7 Å². The highest BCUT2D eigenvalue weighted by molar-refractivity contribution is 5.94. The van der Waals surface area contributed by atoms with Crippen LogP contribution in [0.2, 0.25) is 0 Å². The summed E-state index contributed by atoms with van der Waals surface area (Å²) in [6.45, 7) is 5.16. The summed E-state index contributed by atoms with van der Waals surface area (Å²) >= 11 is 0. The van der Waals surface area contributed by atoms with E-state index in [-0.39, 0.29) is 5.91 Å². The van der Waals surface area contributed by atoms with E-state index in [1.54, 1.807) is 25.3 Å². The van der Waals surface area contributed by atoms with E-state index in [9.17, 15) is 9.59 Å². The molecule has 0 aliphatic rings. The normalized spacial score (nSPS) is 10.5. The van der Waals surface area contributed by atoms with Crippen molar-refractivity contribution >= 4 is 11.9 Å². The summed E-state index contributed by atoms with van der Waals surface area (Å²) in [6, 6.07) is 20.9.